The number of hydrogen-bond acceptors (Lipinski definition) is 1. The maximum absolute atomic E-state index is 3.42. The molecule has 0 spiro atoms. The van der Waals surface area contributed by atoms with Crippen molar-refractivity contribution < 1.29 is 0 Å². The van der Waals surface area contributed by atoms with Gasteiger partial charge in [-0.3, -0.25) is 0 Å². The number of aryl methyl sites for hydroxylation is 1. The standard InChI is InChI=1S/C14H21N/c1-11(2)14(9-15-10-14)8-13-6-4-12(3)5-7-13/h4-7,11,15H,8-10H2,1-3H3. The molecule has 2 rings (SSSR count). The minimum atomic E-state index is 0.509. The fourth-order valence-electron chi connectivity index (χ4n) is 2.30. The highest BCUT2D eigenvalue weighted by Crippen LogP contribution is 2.35. The molecule has 0 aromatic heterocycles. The smallest absolute Gasteiger partial charge is 0.00259 e. The van der Waals surface area contributed by atoms with E-state index in [1.165, 1.54) is 30.6 Å². The van der Waals surface area contributed by atoms with Gasteiger partial charge in [-0.1, -0.05) is 43.7 Å². The summed E-state index contributed by atoms with van der Waals surface area (Å²) in [4.78, 5) is 0. The van der Waals surface area contributed by atoms with Crippen LogP contribution in [0, 0.1) is 18.3 Å². The van der Waals surface area contributed by atoms with Crippen LogP contribution < -0.4 is 5.32 Å². The predicted molar refractivity (Wildman–Crippen MR) is 65.0 cm³/mol. The van der Waals surface area contributed by atoms with Gasteiger partial charge in [-0.2, -0.15) is 0 Å². The lowest BCUT2D eigenvalue weighted by Crippen LogP contribution is -2.57. The zero-order valence-corrected chi connectivity index (χ0v) is 10.0. The molecule has 1 N–H and O–H groups in total. The second-order valence-electron chi connectivity index (χ2n) is 5.28. The summed E-state index contributed by atoms with van der Waals surface area (Å²) in [5.74, 6) is 0.764. The first-order valence-corrected chi connectivity index (χ1v) is 5.89. The van der Waals surface area contributed by atoms with Gasteiger partial charge < -0.3 is 5.32 Å². The van der Waals surface area contributed by atoms with Crippen molar-refractivity contribution in [3.63, 3.8) is 0 Å². The van der Waals surface area contributed by atoms with Crippen LogP contribution in [-0.2, 0) is 6.42 Å². The van der Waals surface area contributed by atoms with Crippen molar-refractivity contribution in [3.05, 3.63) is 35.4 Å². The Balaban J connectivity index is 2.10. The molecule has 1 heteroatoms. The lowest BCUT2D eigenvalue weighted by Gasteiger charge is -2.46. The average Bonchev–Trinajstić information content (AvgIpc) is 2.13. The van der Waals surface area contributed by atoms with E-state index in [4.69, 9.17) is 0 Å². The van der Waals surface area contributed by atoms with Crippen LogP contribution in [0.4, 0.5) is 0 Å². The molecule has 1 aliphatic heterocycles. The van der Waals surface area contributed by atoms with Gasteiger partial charge in [-0.15, -0.1) is 0 Å². The fourth-order valence-corrected chi connectivity index (χ4v) is 2.30. The lowest BCUT2D eigenvalue weighted by atomic mass is 9.68. The summed E-state index contributed by atoms with van der Waals surface area (Å²) in [6.45, 7) is 9.19. The Kier molecular flexibility index (Phi) is 2.83. The maximum Gasteiger partial charge on any atom is 0.00259 e. The summed E-state index contributed by atoms with van der Waals surface area (Å²) in [6, 6.07) is 8.99. The van der Waals surface area contributed by atoms with Gasteiger partial charge in [0.15, 0.2) is 0 Å². The molecule has 1 aromatic rings. The van der Waals surface area contributed by atoms with E-state index in [0.717, 1.165) is 5.92 Å². The molecule has 1 saturated heterocycles. The van der Waals surface area contributed by atoms with E-state index in [1.807, 2.05) is 0 Å². The molecule has 82 valence electrons. The third-order valence-corrected chi connectivity index (χ3v) is 3.86. The van der Waals surface area contributed by atoms with Crippen molar-refractivity contribution in [1.82, 2.24) is 5.32 Å². The first-order chi connectivity index (χ1) is 7.12. The predicted octanol–water partition coefficient (Wildman–Crippen LogP) is 2.78. The molecular weight excluding hydrogens is 182 g/mol. The molecule has 0 radical (unpaired) electrons. The van der Waals surface area contributed by atoms with Gasteiger partial charge in [-0.25, -0.2) is 0 Å². The van der Waals surface area contributed by atoms with Crippen LogP contribution in [0.5, 0.6) is 0 Å². The van der Waals surface area contributed by atoms with Gasteiger partial charge in [-0.05, 0) is 24.8 Å². The van der Waals surface area contributed by atoms with Crippen LogP contribution in [-0.4, -0.2) is 13.1 Å². The van der Waals surface area contributed by atoms with Crippen LogP contribution in [0.2, 0.25) is 0 Å². The highest BCUT2D eigenvalue weighted by atomic mass is 15.0. The van der Waals surface area contributed by atoms with E-state index < -0.39 is 0 Å². The molecule has 15 heavy (non-hydrogen) atoms. The highest BCUT2D eigenvalue weighted by molar-refractivity contribution is 5.23. The Hall–Kier alpha value is -0.820. The van der Waals surface area contributed by atoms with Crippen molar-refractivity contribution >= 4 is 0 Å². The highest BCUT2D eigenvalue weighted by Gasteiger charge is 2.39. The summed E-state index contributed by atoms with van der Waals surface area (Å²) in [5.41, 5.74) is 3.34. The van der Waals surface area contributed by atoms with Gasteiger partial charge in [0.2, 0.25) is 0 Å². The van der Waals surface area contributed by atoms with Crippen molar-refractivity contribution in [1.29, 1.82) is 0 Å². The number of benzene rings is 1. The Labute approximate surface area is 92.9 Å². The second-order valence-corrected chi connectivity index (χ2v) is 5.28. The number of hydrogen-bond donors (Lipinski definition) is 1. The normalized spacial score (nSPS) is 18.9. The zero-order chi connectivity index (χ0) is 10.9. The van der Waals surface area contributed by atoms with Crippen molar-refractivity contribution in [3.8, 4) is 0 Å². The van der Waals surface area contributed by atoms with Crippen LogP contribution in [0.25, 0.3) is 0 Å². The first kappa shape index (κ1) is 10.7. The van der Waals surface area contributed by atoms with Crippen LogP contribution >= 0.6 is 0 Å². The molecule has 1 aliphatic rings. The number of rotatable bonds is 3. The summed E-state index contributed by atoms with van der Waals surface area (Å²) in [5, 5.41) is 3.42. The molecular formula is C14H21N. The summed E-state index contributed by atoms with van der Waals surface area (Å²) < 4.78 is 0. The molecule has 1 aromatic carbocycles. The van der Waals surface area contributed by atoms with Gasteiger partial charge in [0.1, 0.15) is 0 Å². The van der Waals surface area contributed by atoms with E-state index >= 15 is 0 Å². The summed E-state index contributed by atoms with van der Waals surface area (Å²) >= 11 is 0. The Morgan fingerprint density at radius 2 is 1.80 bits per heavy atom. The quantitative estimate of drug-likeness (QED) is 0.796. The summed E-state index contributed by atoms with van der Waals surface area (Å²) in [6.07, 6.45) is 1.22. The summed E-state index contributed by atoms with van der Waals surface area (Å²) in [7, 11) is 0. The molecule has 1 nitrogen and oxygen atoms in total. The topological polar surface area (TPSA) is 12.0 Å². The van der Waals surface area contributed by atoms with Gasteiger partial charge in [0, 0.05) is 18.5 Å². The number of nitrogens with one attached hydrogen (secondary N) is 1. The zero-order valence-electron chi connectivity index (χ0n) is 10.0. The Morgan fingerprint density at radius 3 is 2.20 bits per heavy atom. The molecule has 0 aliphatic carbocycles. The minimum Gasteiger partial charge on any atom is -0.315 e. The SMILES string of the molecule is Cc1ccc(CC2(C(C)C)CNC2)cc1. The van der Waals surface area contributed by atoms with Gasteiger partial charge in [0.25, 0.3) is 0 Å². The lowest BCUT2D eigenvalue weighted by molar-refractivity contribution is 0.0995. The molecule has 0 bridgehead atoms. The fraction of sp³-hybridized carbons (Fsp3) is 0.571. The minimum absolute atomic E-state index is 0.509. The molecule has 1 heterocycles. The van der Waals surface area contributed by atoms with E-state index in [-0.39, 0.29) is 0 Å². The molecule has 0 amide bonds. The molecule has 1 fully saturated rings. The van der Waals surface area contributed by atoms with E-state index in [9.17, 15) is 0 Å². The van der Waals surface area contributed by atoms with E-state index in [0.29, 0.717) is 5.41 Å². The second kappa shape index (κ2) is 3.97. The third-order valence-electron chi connectivity index (χ3n) is 3.86. The van der Waals surface area contributed by atoms with E-state index in [1.54, 1.807) is 0 Å². The largest absolute Gasteiger partial charge is 0.315 e. The Morgan fingerprint density at radius 1 is 1.20 bits per heavy atom. The molecule has 0 atom stereocenters. The average molecular weight is 203 g/mol. The molecule has 0 saturated carbocycles. The van der Waals surface area contributed by atoms with Crippen LogP contribution in [0.15, 0.2) is 24.3 Å². The Bertz CT molecular complexity index is 320. The van der Waals surface area contributed by atoms with Crippen LogP contribution in [0.3, 0.4) is 0 Å². The van der Waals surface area contributed by atoms with E-state index in [2.05, 4.69) is 50.4 Å². The van der Waals surface area contributed by atoms with Crippen molar-refractivity contribution in [2.75, 3.05) is 13.1 Å². The maximum atomic E-state index is 3.42. The van der Waals surface area contributed by atoms with Gasteiger partial charge >= 0.3 is 0 Å². The van der Waals surface area contributed by atoms with Crippen molar-refractivity contribution in [2.45, 2.75) is 27.2 Å². The molecule has 0 unspecified atom stereocenters. The monoisotopic (exact) mass is 203 g/mol. The van der Waals surface area contributed by atoms with Crippen LogP contribution in [0.1, 0.15) is 25.0 Å². The third kappa shape index (κ3) is 2.07. The van der Waals surface area contributed by atoms with Gasteiger partial charge in [0.05, 0.1) is 0 Å². The first-order valence-electron chi connectivity index (χ1n) is 5.89. The van der Waals surface area contributed by atoms with Crippen molar-refractivity contribution in [2.24, 2.45) is 11.3 Å².